The van der Waals surface area contributed by atoms with E-state index < -0.39 is 63.8 Å². The zero-order valence-electron chi connectivity index (χ0n) is 28.7. The van der Waals surface area contributed by atoms with Crippen molar-refractivity contribution in [3.8, 4) is 17.2 Å². The number of carboxylic acid groups (broad SMARTS) is 1. The van der Waals surface area contributed by atoms with Gasteiger partial charge in [-0.2, -0.15) is 0 Å². The number of phenolic OH excluding ortho intramolecular Hbond substituents is 1. The molecule has 4 heterocycles. The lowest BCUT2D eigenvalue weighted by Crippen LogP contribution is -2.72. The van der Waals surface area contributed by atoms with Crippen LogP contribution in [0.3, 0.4) is 0 Å². The maximum absolute atomic E-state index is 14.8. The molecule has 3 aliphatic carbocycles. The highest BCUT2D eigenvalue weighted by Crippen LogP contribution is 2.69. The van der Waals surface area contributed by atoms with Crippen molar-refractivity contribution in [2.45, 2.75) is 121 Å². The molecule has 8 rings (SSSR count). The number of aliphatic hydroxyl groups excluding tert-OH is 1. The van der Waals surface area contributed by atoms with Crippen LogP contribution < -0.4 is 9.47 Å². The number of aliphatic hydroxyl groups is 1. The van der Waals surface area contributed by atoms with E-state index in [1.54, 1.807) is 12.2 Å². The summed E-state index contributed by atoms with van der Waals surface area (Å²) in [5, 5.41) is 33.6. The Morgan fingerprint density at radius 3 is 2.35 bits per heavy atom. The van der Waals surface area contributed by atoms with Crippen molar-refractivity contribution < 1.29 is 48.7 Å². The number of aromatic hydroxyl groups is 1. The minimum Gasteiger partial charge on any atom is -0.506 e. The van der Waals surface area contributed by atoms with Crippen molar-refractivity contribution in [2.24, 2.45) is 11.8 Å². The number of allylic oxidation sites excluding steroid dienone is 3. The summed E-state index contributed by atoms with van der Waals surface area (Å²) in [6, 6.07) is 0. The number of hydrogen-bond acceptors (Lipinski definition) is 9. The number of rotatable bonds is 8. The topological polar surface area (TPSA) is 152 Å². The first kappa shape index (κ1) is 32.8. The van der Waals surface area contributed by atoms with Gasteiger partial charge in [-0.25, -0.2) is 4.79 Å². The Morgan fingerprint density at radius 2 is 1.73 bits per heavy atom. The molecule has 10 heteroatoms. The number of Topliss-reactive ketones (excluding diaryl/α,β-unsaturated/α-hetero) is 2. The predicted molar refractivity (Wildman–Crippen MR) is 175 cm³/mol. The summed E-state index contributed by atoms with van der Waals surface area (Å²) in [5.74, 6) is -3.34. The molecule has 4 bridgehead atoms. The molecule has 0 amide bonds. The number of ketones is 2. The summed E-state index contributed by atoms with van der Waals surface area (Å²) in [6.45, 7) is 14.8. The molecule has 1 aromatic rings. The highest BCUT2D eigenvalue weighted by Gasteiger charge is 2.81. The van der Waals surface area contributed by atoms with Crippen LogP contribution in [0.4, 0.5) is 0 Å². The van der Waals surface area contributed by atoms with Crippen molar-refractivity contribution in [1.29, 1.82) is 0 Å². The molecule has 1 aromatic carbocycles. The number of benzene rings is 1. The van der Waals surface area contributed by atoms with Crippen LogP contribution in [0.1, 0.15) is 109 Å². The average molecular weight is 661 g/mol. The quantitative estimate of drug-likeness (QED) is 0.174. The summed E-state index contributed by atoms with van der Waals surface area (Å²) in [4.78, 5) is 41.0. The van der Waals surface area contributed by atoms with Crippen molar-refractivity contribution in [3.63, 3.8) is 0 Å². The zero-order valence-corrected chi connectivity index (χ0v) is 28.7. The van der Waals surface area contributed by atoms with Gasteiger partial charge in [0.05, 0.1) is 22.3 Å². The van der Waals surface area contributed by atoms with Crippen molar-refractivity contribution in [3.05, 3.63) is 57.7 Å². The number of ether oxygens (including phenoxy) is 4. The molecule has 0 radical (unpaired) electrons. The lowest BCUT2D eigenvalue weighted by molar-refractivity contribution is -0.171. The Hall–Kier alpha value is -3.73. The normalized spacial score (nSPS) is 35.1. The molecular weight excluding hydrogens is 616 g/mol. The average Bonchev–Trinajstić information content (AvgIpc) is 3.60. The fourth-order valence-corrected chi connectivity index (χ4v) is 8.79. The van der Waals surface area contributed by atoms with Crippen LogP contribution in [-0.4, -0.2) is 67.0 Å². The Labute approximate surface area is 280 Å². The van der Waals surface area contributed by atoms with Gasteiger partial charge in [-0.1, -0.05) is 23.8 Å². The number of fused-ring (bicyclic) bond motifs is 2. The van der Waals surface area contributed by atoms with E-state index >= 15 is 0 Å². The lowest BCUT2D eigenvalue weighted by Gasteiger charge is -2.56. The van der Waals surface area contributed by atoms with Crippen LogP contribution in [0.25, 0.3) is 6.08 Å². The molecule has 256 valence electrons. The second-order valence-corrected chi connectivity index (χ2v) is 15.8. The second kappa shape index (κ2) is 10.2. The first-order valence-corrected chi connectivity index (χ1v) is 16.7. The summed E-state index contributed by atoms with van der Waals surface area (Å²) >= 11 is 0. The fraction of sp³-hybridized carbons (Fsp3) is 0.553. The number of phenols is 1. The van der Waals surface area contributed by atoms with Gasteiger partial charge in [-0.15, -0.1) is 0 Å². The van der Waals surface area contributed by atoms with Gasteiger partial charge in [0.2, 0.25) is 0 Å². The Balaban J connectivity index is 1.47. The van der Waals surface area contributed by atoms with Crippen molar-refractivity contribution >= 4 is 23.6 Å². The van der Waals surface area contributed by atoms with Gasteiger partial charge in [0.15, 0.2) is 22.8 Å². The molecule has 0 aromatic heterocycles. The third kappa shape index (κ3) is 4.31. The van der Waals surface area contributed by atoms with Gasteiger partial charge in [-0.05, 0) is 86.8 Å². The van der Waals surface area contributed by atoms with E-state index in [-0.39, 0.29) is 57.3 Å². The van der Waals surface area contributed by atoms with Crippen LogP contribution >= 0.6 is 0 Å². The molecule has 10 nitrogen and oxygen atoms in total. The molecule has 7 atom stereocenters. The molecule has 1 saturated carbocycles. The fourth-order valence-electron chi connectivity index (χ4n) is 8.79. The van der Waals surface area contributed by atoms with Crippen LogP contribution in [0.2, 0.25) is 0 Å². The van der Waals surface area contributed by atoms with E-state index in [2.05, 4.69) is 6.08 Å². The monoisotopic (exact) mass is 660 g/mol. The van der Waals surface area contributed by atoms with Gasteiger partial charge in [0.1, 0.15) is 40.6 Å². The molecule has 48 heavy (non-hydrogen) atoms. The highest BCUT2D eigenvalue weighted by molar-refractivity contribution is 6.19. The first-order chi connectivity index (χ1) is 22.3. The molecule has 3 unspecified atom stereocenters. The zero-order chi connectivity index (χ0) is 34.9. The van der Waals surface area contributed by atoms with E-state index in [1.807, 2.05) is 54.5 Å². The number of hydrogen-bond donors (Lipinski definition) is 3. The second-order valence-electron chi connectivity index (χ2n) is 15.8. The first-order valence-electron chi connectivity index (χ1n) is 16.7. The minimum absolute atomic E-state index is 0.0245. The van der Waals surface area contributed by atoms with Gasteiger partial charge in [0.25, 0.3) is 0 Å². The lowest BCUT2D eigenvalue weighted by atomic mass is 9.51. The van der Waals surface area contributed by atoms with E-state index in [0.717, 1.165) is 6.42 Å². The number of carboxylic acids is 1. The molecule has 3 N–H and O–H groups in total. The van der Waals surface area contributed by atoms with E-state index in [1.165, 1.54) is 18.6 Å². The highest BCUT2D eigenvalue weighted by atomic mass is 16.6. The van der Waals surface area contributed by atoms with Crippen LogP contribution in [0, 0.1) is 11.8 Å². The summed E-state index contributed by atoms with van der Waals surface area (Å²) in [5.41, 5.74) is -4.16. The molecular formula is C38H44O10. The maximum atomic E-state index is 14.8. The Bertz CT molecular complexity index is 1800. The van der Waals surface area contributed by atoms with E-state index in [4.69, 9.17) is 18.9 Å². The SMILES string of the molecule is CC(C)=CCC[C@]1(C)C=Cc2c(O)c3c(c(C(O)C4OC4(C)C)c2O1)O[C@]12C(=C[C@@H]4CC1C(C)(C)O[C@@]2(C/C=C(/C)C(=O)O)C4=O)C3=O. The standard InChI is InChI=1S/C38H44O10/c1-18(2)10-9-13-36(8)14-12-21-26(39)24-27(40)22-16-20-17-23-34(4,5)48-37(31(20)42,15-11-19(3)33(43)44)38(22,23)46-30(24)25(29(21)45-36)28(41)32-35(6,7)47-32/h10-12,14,16,20,23,28,32,39,41H,9,13,15,17H2,1-8H3,(H,43,44)/b19-11-/t20-,23?,28?,32?,36-,37+,38-/m1/s1. The maximum Gasteiger partial charge on any atom is 0.330 e. The van der Waals surface area contributed by atoms with Gasteiger partial charge < -0.3 is 34.3 Å². The Morgan fingerprint density at radius 1 is 1.04 bits per heavy atom. The summed E-state index contributed by atoms with van der Waals surface area (Å²) in [6.07, 6.45) is 8.32. The van der Waals surface area contributed by atoms with Crippen molar-refractivity contribution in [1.82, 2.24) is 0 Å². The molecule has 1 spiro atoms. The molecule has 7 aliphatic rings. The van der Waals surface area contributed by atoms with Gasteiger partial charge in [-0.3, -0.25) is 9.59 Å². The molecule has 2 saturated heterocycles. The van der Waals surface area contributed by atoms with Crippen LogP contribution in [-0.2, 0) is 19.1 Å². The van der Waals surface area contributed by atoms with Crippen LogP contribution in [0.5, 0.6) is 17.2 Å². The minimum atomic E-state index is -1.74. The largest absolute Gasteiger partial charge is 0.506 e. The third-order valence-electron chi connectivity index (χ3n) is 11.4. The van der Waals surface area contributed by atoms with Crippen molar-refractivity contribution in [2.75, 3.05) is 0 Å². The molecule has 3 fully saturated rings. The van der Waals surface area contributed by atoms with E-state index in [0.29, 0.717) is 12.8 Å². The number of carbonyl (C=O) groups excluding carboxylic acids is 2. The number of aliphatic carboxylic acids is 1. The Kier molecular flexibility index (Phi) is 6.94. The predicted octanol–water partition coefficient (Wildman–Crippen LogP) is 5.94. The van der Waals surface area contributed by atoms with E-state index in [9.17, 15) is 29.7 Å². The van der Waals surface area contributed by atoms with Crippen LogP contribution in [0.15, 0.2) is 41.0 Å². The van der Waals surface area contributed by atoms with Gasteiger partial charge in [0, 0.05) is 29.4 Å². The smallest absolute Gasteiger partial charge is 0.330 e. The summed E-state index contributed by atoms with van der Waals surface area (Å²) < 4.78 is 26.4. The molecule has 4 aliphatic heterocycles. The third-order valence-corrected chi connectivity index (χ3v) is 11.4. The summed E-state index contributed by atoms with van der Waals surface area (Å²) in [7, 11) is 0. The number of carbonyl (C=O) groups is 3. The number of epoxide rings is 1. The van der Waals surface area contributed by atoms with Gasteiger partial charge >= 0.3 is 5.97 Å².